The minimum Gasteiger partial charge on any atom is -0.491 e. The van der Waals surface area contributed by atoms with Gasteiger partial charge >= 0.3 is 0 Å². The molecule has 0 aliphatic rings. The van der Waals surface area contributed by atoms with E-state index in [1.807, 2.05) is 57.2 Å². The molecule has 1 amide bonds. The summed E-state index contributed by atoms with van der Waals surface area (Å²) < 4.78 is 8.71. The van der Waals surface area contributed by atoms with Gasteiger partial charge in [-0.3, -0.25) is 4.79 Å². The van der Waals surface area contributed by atoms with Crippen molar-refractivity contribution in [1.29, 1.82) is 0 Å². The lowest BCUT2D eigenvalue weighted by atomic mass is 10.2. The van der Waals surface area contributed by atoms with Crippen LogP contribution in [-0.4, -0.2) is 32.6 Å². The number of amides is 1. The number of hydrogen-bond donors (Lipinski definition) is 2. The summed E-state index contributed by atoms with van der Waals surface area (Å²) in [6.45, 7) is 5.91. The summed E-state index contributed by atoms with van der Waals surface area (Å²) in [4.78, 5) is 12.4. The number of rotatable bonds is 7. The SMILES string of the molecule is Cc1cc(Br)c(NC(=O)CSc2nnc(-c3cccc(OC(C)C)c3)n2N)c(Br)c1. The molecular weight excluding hydrogens is 534 g/mol. The van der Waals surface area contributed by atoms with Crippen molar-refractivity contribution in [2.45, 2.75) is 32.0 Å². The van der Waals surface area contributed by atoms with Gasteiger partial charge in [0.2, 0.25) is 11.1 Å². The second-order valence-corrected chi connectivity index (χ2v) is 9.46. The van der Waals surface area contributed by atoms with Crippen LogP contribution in [0.2, 0.25) is 0 Å². The molecule has 0 saturated heterocycles. The number of nitrogens with one attached hydrogen (secondary N) is 1. The smallest absolute Gasteiger partial charge is 0.234 e. The van der Waals surface area contributed by atoms with E-state index in [4.69, 9.17) is 10.6 Å². The van der Waals surface area contributed by atoms with E-state index >= 15 is 0 Å². The lowest BCUT2D eigenvalue weighted by Gasteiger charge is -2.11. The molecule has 0 fully saturated rings. The number of carbonyl (C=O) groups is 1. The Hall–Kier alpha value is -2.04. The van der Waals surface area contributed by atoms with Crippen LogP contribution in [0, 0.1) is 6.92 Å². The van der Waals surface area contributed by atoms with E-state index in [0.29, 0.717) is 16.7 Å². The van der Waals surface area contributed by atoms with E-state index in [-0.39, 0.29) is 17.8 Å². The molecule has 0 unspecified atom stereocenters. The van der Waals surface area contributed by atoms with Crippen molar-refractivity contribution in [2.75, 3.05) is 16.9 Å². The van der Waals surface area contributed by atoms with E-state index in [2.05, 4.69) is 47.4 Å². The summed E-state index contributed by atoms with van der Waals surface area (Å²) in [5, 5.41) is 11.6. The molecule has 0 aliphatic carbocycles. The van der Waals surface area contributed by atoms with E-state index < -0.39 is 0 Å². The lowest BCUT2D eigenvalue weighted by Crippen LogP contribution is -2.17. The highest BCUT2D eigenvalue weighted by Crippen LogP contribution is 2.32. The molecule has 1 aromatic heterocycles. The number of aromatic nitrogens is 3. The maximum absolute atomic E-state index is 12.4. The molecule has 2 aromatic carbocycles. The molecule has 3 aromatic rings. The van der Waals surface area contributed by atoms with Gasteiger partial charge in [-0.05, 0) is 82.5 Å². The molecule has 30 heavy (non-hydrogen) atoms. The Morgan fingerprint density at radius 1 is 1.23 bits per heavy atom. The van der Waals surface area contributed by atoms with Crippen LogP contribution in [0.3, 0.4) is 0 Å². The first kappa shape index (κ1) is 22.6. The highest BCUT2D eigenvalue weighted by atomic mass is 79.9. The summed E-state index contributed by atoms with van der Waals surface area (Å²) >= 11 is 8.16. The number of hydrogen-bond acceptors (Lipinski definition) is 6. The fourth-order valence-electron chi connectivity index (χ4n) is 2.68. The van der Waals surface area contributed by atoms with E-state index in [9.17, 15) is 4.79 Å². The van der Waals surface area contributed by atoms with Crippen LogP contribution < -0.4 is 15.9 Å². The number of aryl methyl sites for hydroxylation is 1. The average Bonchev–Trinajstić information content (AvgIpc) is 3.03. The number of nitrogen functional groups attached to an aromatic ring is 1. The van der Waals surface area contributed by atoms with Gasteiger partial charge in [0.15, 0.2) is 5.82 Å². The van der Waals surface area contributed by atoms with Gasteiger partial charge in [0.1, 0.15) is 5.75 Å². The lowest BCUT2D eigenvalue weighted by molar-refractivity contribution is -0.113. The quantitative estimate of drug-likeness (QED) is 0.315. The molecule has 1 heterocycles. The Balaban J connectivity index is 1.68. The second-order valence-electron chi connectivity index (χ2n) is 6.81. The van der Waals surface area contributed by atoms with Crippen LogP contribution in [0.5, 0.6) is 5.75 Å². The van der Waals surface area contributed by atoms with Crippen molar-refractivity contribution >= 4 is 55.2 Å². The number of benzene rings is 2. The Morgan fingerprint density at radius 2 is 1.93 bits per heavy atom. The summed E-state index contributed by atoms with van der Waals surface area (Å²) in [6, 6.07) is 11.4. The predicted octanol–water partition coefficient (Wildman–Crippen LogP) is 5.01. The normalized spacial score (nSPS) is 11.0. The summed E-state index contributed by atoms with van der Waals surface area (Å²) in [7, 11) is 0. The molecule has 158 valence electrons. The van der Waals surface area contributed by atoms with E-state index in [1.54, 1.807) is 0 Å². The second kappa shape index (κ2) is 9.84. The topological polar surface area (TPSA) is 95.1 Å². The Bertz CT molecular complexity index is 1050. The van der Waals surface area contributed by atoms with E-state index in [1.165, 1.54) is 16.4 Å². The standard InChI is InChI=1S/C20H21Br2N5O2S/c1-11(2)29-14-6-4-5-13(9-14)19-25-26-20(27(19)23)30-10-17(28)24-18-15(21)7-12(3)8-16(18)22/h4-9,11H,10,23H2,1-3H3,(H,24,28). The van der Waals surface area contributed by atoms with Crippen LogP contribution in [0.4, 0.5) is 5.69 Å². The van der Waals surface area contributed by atoms with Crippen LogP contribution >= 0.6 is 43.6 Å². The zero-order valence-corrected chi connectivity index (χ0v) is 20.6. The molecule has 0 saturated carbocycles. The van der Waals surface area contributed by atoms with Gasteiger partial charge in [-0.25, -0.2) is 4.68 Å². The Labute approximate surface area is 196 Å². The fraction of sp³-hybridized carbons (Fsp3) is 0.250. The van der Waals surface area contributed by atoms with Gasteiger partial charge in [-0.1, -0.05) is 23.9 Å². The van der Waals surface area contributed by atoms with Crippen molar-refractivity contribution in [1.82, 2.24) is 14.9 Å². The van der Waals surface area contributed by atoms with Crippen molar-refractivity contribution in [3.8, 4) is 17.1 Å². The molecule has 3 rings (SSSR count). The number of thioether (sulfide) groups is 1. The molecule has 0 atom stereocenters. The fourth-order valence-corrected chi connectivity index (χ4v) is 4.95. The molecule has 0 spiro atoms. The van der Waals surface area contributed by atoms with Crippen molar-refractivity contribution in [3.63, 3.8) is 0 Å². The molecule has 7 nitrogen and oxygen atoms in total. The third-order valence-electron chi connectivity index (χ3n) is 3.91. The third-order valence-corrected chi connectivity index (χ3v) is 6.11. The third kappa shape index (κ3) is 5.55. The van der Waals surface area contributed by atoms with Crippen molar-refractivity contribution < 1.29 is 9.53 Å². The predicted molar refractivity (Wildman–Crippen MR) is 127 cm³/mol. The average molecular weight is 555 g/mol. The van der Waals surface area contributed by atoms with Gasteiger partial charge in [-0.2, -0.15) is 0 Å². The number of anilines is 1. The minimum absolute atomic E-state index is 0.0641. The number of ether oxygens (including phenoxy) is 1. The van der Waals surface area contributed by atoms with Crippen LogP contribution in [0.25, 0.3) is 11.4 Å². The first-order valence-corrected chi connectivity index (χ1v) is 11.7. The van der Waals surface area contributed by atoms with Crippen LogP contribution in [0.1, 0.15) is 19.4 Å². The zero-order valence-electron chi connectivity index (χ0n) is 16.6. The monoisotopic (exact) mass is 553 g/mol. The Kier molecular flexibility index (Phi) is 7.43. The Morgan fingerprint density at radius 3 is 2.60 bits per heavy atom. The minimum atomic E-state index is -0.179. The summed E-state index contributed by atoms with van der Waals surface area (Å²) in [5.41, 5.74) is 2.54. The number of nitrogens with two attached hydrogens (primary N) is 1. The molecule has 10 heteroatoms. The molecule has 0 bridgehead atoms. The summed E-state index contributed by atoms with van der Waals surface area (Å²) in [6.07, 6.45) is 0.0641. The van der Waals surface area contributed by atoms with Gasteiger partial charge in [0, 0.05) is 14.5 Å². The molecular formula is C20H21Br2N5O2S. The van der Waals surface area contributed by atoms with E-state index in [0.717, 1.165) is 25.8 Å². The van der Waals surface area contributed by atoms with Crippen molar-refractivity contribution in [3.05, 3.63) is 50.9 Å². The van der Waals surface area contributed by atoms with Gasteiger partial charge in [-0.15, -0.1) is 10.2 Å². The first-order chi connectivity index (χ1) is 14.2. The van der Waals surface area contributed by atoms with Gasteiger partial charge in [0.05, 0.1) is 17.5 Å². The largest absolute Gasteiger partial charge is 0.491 e. The zero-order chi connectivity index (χ0) is 21.8. The number of nitrogens with zero attached hydrogens (tertiary/aromatic N) is 3. The summed E-state index contributed by atoms with van der Waals surface area (Å²) in [5.74, 6) is 7.36. The molecule has 0 radical (unpaired) electrons. The molecule has 0 aliphatic heterocycles. The van der Waals surface area contributed by atoms with Crippen molar-refractivity contribution in [2.24, 2.45) is 0 Å². The van der Waals surface area contributed by atoms with Crippen LogP contribution in [0.15, 0.2) is 50.5 Å². The number of carbonyl (C=O) groups excluding carboxylic acids is 1. The van der Waals surface area contributed by atoms with Gasteiger partial charge < -0.3 is 15.9 Å². The number of halogens is 2. The first-order valence-electron chi connectivity index (χ1n) is 9.10. The maximum atomic E-state index is 12.4. The molecule has 3 N–H and O–H groups in total. The van der Waals surface area contributed by atoms with Gasteiger partial charge in [0.25, 0.3) is 0 Å². The maximum Gasteiger partial charge on any atom is 0.234 e. The highest BCUT2D eigenvalue weighted by molar-refractivity contribution is 9.11. The highest BCUT2D eigenvalue weighted by Gasteiger charge is 2.16. The van der Waals surface area contributed by atoms with Crippen LogP contribution in [-0.2, 0) is 4.79 Å².